The Morgan fingerprint density at radius 2 is 1.81 bits per heavy atom. The summed E-state index contributed by atoms with van der Waals surface area (Å²) in [6, 6.07) is 11.7. The lowest BCUT2D eigenvalue weighted by atomic mass is 9.78. The van der Waals surface area contributed by atoms with Crippen molar-refractivity contribution >= 4 is 39.4 Å². The standard InChI is InChI=1S/C37H39ClF3N3O8S/c1-23(51-35(46)52-25-10-5-4-6-11-25)50-34(45)14-9-17-49-31-20-29(38)26(27-22-43-33(37(39,40)41)18-24(27)21-42)19-32(31)53(47,48)44-16-15-36(2,3)28-12-7-8-13-30(28)44/h7-8,12-13,18-20,22-23,25H,4-6,9-11,14-17H2,1-3H3. The third-order valence-electron chi connectivity index (χ3n) is 9.21. The van der Waals surface area contributed by atoms with Crippen LogP contribution in [-0.2, 0) is 40.6 Å². The average molecular weight is 778 g/mol. The van der Waals surface area contributed by atoms with Crippen molar-refractivity contribution in [2.75, 3.05) is 17.5 Å². The largest absolute Gasteiger partial charge is 0.511 e. The highest BCUT2D eigenvalue weighted by atomic mass is 35.5. The lowest BCUT2D eigenvalue weighted by molar-refractivity contribution is -0.169. The number of hydrogen-bond donors (Lipinski definition) is 0. The molecule has 2 heterocycles. The highest BCUT2D eigenvalue weighted by Gasteiger charge is 2.39. The molecular weight excluding hydrogens is 739 g/mol. The van der Waals surface area contributed by atoms with Gasteiger partial charge in [0, 0.05) is 43.3 Å². The number of carbonyl (C=O) groups is 2. The molecule has 0 spiro atoms. The van der Waals surface area contributed by atoms with Gasteiger partial charge in [0.25, 0.3) is 10.0 Å². The molecule has 53 heavy (non-hydrogen) atoms. The molecule has 1 atom stereocenters. The Kier molecular flexibility index (Phi) is 12.1. The zero-order chi connectivity index (χ0) is 38.6. The number of nitriles is 1. The van der Waals surface area contributed by atoms with Crippen LogP contribution in [0.1, 0.15) is 89.0 Å². The van der Waals surface area contributed by atoms with Crippen LogP contribution in [-0.4, -0.2) is 51.1 Å². The molecular formula is C37H39ClF3N3O8S. The van der Waals surface area contributed by atoms with Gasteiger partial charge in [-0.05, 0) is 67.7 Å². The Labute approximate surface area is 311 Å². The van der Waals surface area contributed by atoms with Gasteiger partial charge < -0.3 is 18.9 Å². The number of ether oxygens (including phenoxy) is 4. The molecule has 3 aromatic rings. The molecule has 5 rings (SSSR count). The molecule has 0 N–H and O–H groups in total. The first-order valence-corrected chi connectivity index (χ1v) is 19.0. The third-order valence-corrected chi connectivity index (χ3v) is 11.4. The number of benzene rings is 2. The van der Waals surface area contributed by atoms with Gasteiger partial charge in [-0.1, -0.05) is 50.1 Å². The molecule has 1 aliphatic heterocycles. The van der Waals surface area contributed by atoms with Gasteiger partial charge in [0.2, 0.25) is 6.29 Å². The van der Waals surface area contributed by atoms with Crippen LogP contribution < -0.4 is 9.04 Å². The first-order chi connectivity index (χ1) is 25.0. The second kappa shape index (κ2) is 16.2. The predicted molar refractivity (Wildman–Crippen MR) is 188 cm³/mol. The number of fused-ring (bicyclic) bond motifs is 1. The molecule has 16 heteroatoms. The molecule has 2 aliphatic rings. The van der Waals surface area contributed by atoms with Crippen LogP contribution in [0.3, 0.4) is 0 Å². The molecule has 0 saturated heterocycles. The number of hydrogen-bond acceptors (Lipinski definition) is 10. The molecule has 0 bridgehead atoms. The van der Waals surface area contributed by atoms with Crippen LogP contribution in [0, 0.1) is 11.3 Å². The number of alkyl halides is 3. The quantitative estimate of drug-likeness (QED) is 0.105. The summed E-state index contributed by atoms with van der Waals surface area (Å²) in [5.74, 6) is -0.894. The SMILES string of the molecule is CC(OC(=O)CCCOc1cc(Cl)c(-c2cnc(C(F)(F)F)cc2C#N)cc1S(=O)(=O)N1CCC(C)(C)c2ccccc21)OC(=O)OC1CCCCC1. The van der Waals surface area contributed by atoms with Crippen molar-refractivity contribution in [3.05, 3.63) is 70.5 Å². The summed E-state index contributed by atoms with van der Waals surface area (Å²) in [4.78, 5) is 27.7. The molecule has 1 unspecified atom stereocenters. The minimum atomic E-state index is -4.83. The van der Waals surface area contributed by atoms with E-state index in [9.17, 15) is 36.4 Å². The second-order valence-corrected chi connectivity index (χ2v) is 15.7. The number of sulfonamides is 1. The van der Waals surface area contributed by atoms with E-state index in [1.54, 1.807) is 18.2 Å². The van der Waals surface area contributed by atoms with Crippen LogP contribution in [0.5, 0.6) is 5.75 Å². The van der Waals surface area contributed by atoms with E-state index in [1.165, 1.54) is 17.3 Å². The maximum atomic E-state index is 14.5. The number of carbonyl (C=O) groups excluding carboxylic acids is 2. The van der Waals surface area contributed by atoms with E-state index in [1.807, 2.05) is 26.0 Å². The van der Waals surface area contributed by atoms with Gasteiger partial charge in [-0.25, -0.2) is 13.2 Å². The first-order valence-electron chi connectivity index (χ1n) is 17.1. The topological polar surface area (TPSA) is 145 Å². The molecule has 1 saturated carbocycles. The number of aromatic nitrogens is 1. The number of anilines is 1. The molecule has 284 valence electrons. The summed E-state index contributed by atoms with van der Waals surface area (Å²) in [5, 5.41) is 9.63. The molecule has 11 nitrogen and oxygen atoms in total. The number of pyridine rings is 1. The lowest BCUT2D eigenvalue weighted by Gasteiger charge is -2.39. The summed E-state index contributed by atoms with van der Waals surface area (Å²) in [6.45, 7) is 5.32. The van der Waals surface area contributed by atoms with E-state index >= 15 is 0 Å². The Morgan fingerprint density at radius 1 is 1.09 bits per heavy atom. The normalized spacial score (nSPS) is 16.5. The van der Waals surface area contributed by atoms with Crippen molar-refractivity contribution in [2.45, 2.75) is 101 Å². The number of para-hydroxylation sites is 1. The van der Waals surface area contributed by atoms with Crippen molar-refractivity contribution in [1.29, 1.82) is 5.26 Å². The summed E-state index contributed by atoms with van der Waals surface area (Å²) in [6.07, 6.45) is -1.54. The fourth-order valence-corrected chi connectivity index (χ4v) is 8.27. The molecule has 1 aliphatic carbocycles. The highest BCUT2D eigenvalue weighted by molar-refractivity contribution is 7.93. The van der Waals surface area contributed by atoms with Crippen LogP contribution in [0.4, 0.5) is 23.7 Å². The van der Waals surface area contributed by atoms with E-state index in [2.05, 4.69) is 4.98 Å². The minimum Gasteiger partial charge on any atom is -0.492 e. The van der Waals surface area contributed by atoms with Crippen molar-refractivity contribution in [3.8, 4) is 22.9 Å². The van der Waals surface area contributed by atoms with E-state index in [0.29, 0.717) is 18.2 Å². The Bertz CT molecular complexity index is 2000. The van der Waals surface area contributed by atoms with E-state index < -0.39 is 45.9 Å². The summed E-state index contributed by atoms with van der Waals surface area (Å²) in [7, 11) is -4.43. The van der Waals surface area contributed by atoms with Crippen molar-refractivity contribution in [1.82, 2.24) is 4.98 Å². The van der Waals surface area contributed by atoms with Crippen LogP contribution in [0.2, 0.25) is 5.02 Å². The fourth-order valence-electron chi connectivity index (χ4n) is 6.39. The third kappa shape index (κ3) is 9.34. The van der Waals surface area contributed by atoms with E-state index in [-0.39, 0.29) is 64.3 Å². The van der Waals surface area contributed by atoms with Gasteiger partial charge in [-0.2, -0.15) is 18.4 Å². The van der Waals surface area contributed by atoms with Gasteiger partial charge >= 0.3 is 18.3 Å². The van der Waals surface area contributed by atoms with Gasteiger partial charge in [0.15, 0.2) is 0 Å². The second-order valence-electron chi connectivity index (χ2n) is 13.5. The number of esters is 1. The Balaban J connectivity index is 1.38. The van der Waals surface area contributed by atoms with Crippen molar-refractivity contribution in [2.24, 2.45) is 0 Å². The average Bonchev–Trinajstić information content (AvgIpc) is 3.09. The van der Waals surface area contributed by atoms with Crippen LogP contribution in [0.25, 0.3) is 11.1 Å². The number of nitrogens with zero attached hydrogens (tertiary/aromatic N) is 3. The monoisotopic (exact) mass is 777 g/mol. The minimum absolute atomic E-state index is 0.0546. The van der Waals surface area contributed by atoms with Crippen molar-refractivity contribution in [3.63, 3.8) is 0 Å². The zero-order valence-corrected chi connectivity index (χ0v) is 30.9. The van der Waals surface area contributed by atoms with Crippen molar-refractivity contribution < 1.29 is 50.1 Å². The highest BCUT2D eigenvalue weighted by Crippen LogP contribution is 2.45. The molecule has 1 aromatic heterocycles. The summed E-state index contributed by atoms with van der Waals surface area (Å²) >= 11 is 6.60. The fraction of sp³-hybridized carbons (Fsp3) is 0.459. The van der Waals surface area contributed by atoms with Gasteiger partial charge in [0.05, 0.1) is 28.9 Å². The van der Waals surface area contributed by atoms with Gasteiger partial charge in [-0.15, -0.1) is 0 Å². The maximum absolute atomic E-state index is 14.5. The molecule has 0 amide bonds. The Morgan fingerprint density at radius 3 is 2.51 bits per heavy atom. The smallest absolute Gasteiger partial charge is 0.492 e. The lowest BCUT2D eigenvalue weighted by Crippen LogP contribution is -2.41. The molecule has 2 aromatic carbocycles. The summed E-state index contributed by atoms with van der Waals surface area (Å²) < 4.78 is 91.9. The van der Waals surface area contributed by atoms with E-state index in [0.717, 1.165) is 49.9 Å². The Hall–Kier alpha value is -4.55. The zero-order valence-electron chi connectivity index (χ0n) is 29.4. The van der Waals surface area contributed by atoms with E-state index in [4.69, 9.17) is 30.5 Å². The molecule has 1 fully saturated rings. The van der Waals surface area contributed by atoms with Crippen LogP contribution >= 0.6 is 11.6 Å². The number of rotatable bonds is 11. The van der Waals surface area contributed by atoms with Gasteiger partial charge in [0.1, 0.15) is 22.4 Å². The molecule has 0 radical (unpaired) electrons. The maximum Gasteiger partial charge on any atom is 0.511 e. The number of halogens is 4. The first kappa shape index (κ1) is 39.7. The summed E-state index contributed by atoms with van der Waals surface area (Å²) in [5.41, 5.74) is -0.988. The van der Waals surface area contributed by atoms with Crippen LogP contribution in [0.15, 0.2) is 53.6 Å². The van der Waals surface area contributed by atoms with Gasteiger partial charge in [-0.3, -0.25) is 14.1 Å². The predicted octanol–water partition coefficient (Wildman–Crippen LogP) is 8.70.